The van der Waals surface area contributed by atoms with Crippen LogP contribution in [0.15, 0.2) is 0 Å². The van der Waals surface area contributed by atoms with Crippen LogP contribution < -0.4 is 5.73 Å². The molecule has 1 rings (SSSR count). The van der Waals surface area contributed by atoms with Crippen LogP contribution in [0.2, 0.25) is 0 Å². The minimum absolute atomic E-state index is 0.569. The third kappa shape index (κ3) is 6.69. The zero-order valence-electron chi connectivity index (χ0n) is 12.2. The van der Waals surface area contributed by atoms with Gasteiger partial charge in [-0.05, 0) is 59.4 Å². The van der Waals surface area contributed by atoms with Crippen molar-refractivity contribution in [3.8, 4) is 0 Å². The smallest absolute Gasteiger partial charge is 0.0619 e. The van der Waals surface area contributed by atoms with Gasteiger partial charge in [-0.3, -0.25) is 4.90 Å². The van der Waals surface area contributed by atoms with Gasteiger partial charge in [-0.25, -0.2) is 0 Å². The van der Waals surface area contributed by atoms with Crippen LogP contribution in [0.25, 0.3) is 0 Å². The van der Waals surface area contributed by atoms with Gasteiger partial charge in [-0.2, -0.15) is 0 Å². The van der Waals surface area contributed by atoms with Crippen LogP contribution in [0.1, 0.15) is 32.6 Å². The fourth-order valence-corrected chi connectivity index (χ4v) is 2.41. The van der Waals surface area contributed by atoms with E-state index in [9.17, 15) is 0 Å². The molecule has 1 aliphatic heterocycles. The summed E-state index contributed by atoms with van der Waals surface area (Å²) in [5.41, 5.74) is 5.49. The number of likely N-dealkylation sites (N-methyl/N-ethyl adjacent to an activating group) is 1. The maximum absolute atomic E-state index is 5.78. The molecule has 0 aromatic heterocycles. The molecule has 0 spiro atoms. The van der Waals surface area contributed by atoms with Crippen molar-refractivity contribution in [2.75, 3.05) is 53.0 Å². The van der Waals surface area contributed by atoms with Gasteiger partial charge in [0.15, 0.2) is 0 Å². The van der Waals surface area contributed by atoms with Crippen LogP contribution in [0, 0.1) is 0 Å². The number of likely N-dealkylation sites (tertiary alicyclic amines) is 1. The van der Waals surface area contributed by atoms with Crippen molar-refractivity contribution in [1.82, 2.24) is 9.80 Å². The van der Waals surface area contributed by atoms with Crippen molar-refractivity contribution in [1.29, 1.82) is 0 Å². The summed E-state index contributed by atoms with van der Waals surface area (Å²) in [6.45, 7) is 9.33. The number of ether oxygens (including phenoxy) is 1. The highest BCUT2D eigenvalue weighted by molar-refractivity contribution is 4.70. The molecule has 1 atom stereocenters. The normalized spacial score (nSPS) is 19.3. The second kappa shape index (κ2) is 9.73. The van der Waals surface area contributed by atoms with Gasteiger partial charge in [-0.1, -0.05) is 6.42 Å². The Hall–Kier alpha value is -0.160. The van der Waals surface area contributed by atoms with E-state index in [4.69, 9.17) is 10.5 Å². The fourth-order valence-electron chi connectivity index (χ4n) is 2.41. The van der Waals surface area contributed by atoms with Crippen LogP contribution >= 0.6 is 0 Å². The van der Waals surface area contributed by atoms with Crippen molar-refractivity contribution in [3.63, 3.8) is 0 Å². The average Bonchev–Trinajstić information content (AvgIpc) is 2.42. The average molecular weight is 257 g/mol. The Labute approximate surface area is 112 Å². The molecule has 0 saturated carbocycles. The molecule has 4 heteroatoms. The summed E-state index contributed by atoms with van der Waals surface area (Å²) in [6, 6.07) is 0.569. The van der Waals surface area contributed by atoms with Gasteiger partial charge in [0.2, 0.25) is 0 Å². The predicted molar refractivity (Wildman–Crippen MR) is 76.9 cm³/mol. The lowest BCUT2D eigenvalue weighted by Gasteiger charge is -2.32. The van der Waals surface area contributed by atoms with Crippen LogP contribution in [-0.2, 0) is 4.74 Å². The monoisotopic (exact) mass is 257 g/mol. The lowest BCUT2D eigenvalue weighted by Crippen LogP contribution is -2.40. The standard InChI is InChI=1S/C14H31N3O/c1-14(17-9-4-3-5-10-17)13-18-12-11-16(2)8-6-7-15/h14H,3-13,15H2,1-2H3. The number of rotatable bonds is 9. The number of nitrogens with zero attached hydrogens (tertiary/aromatic N) is 2. The van der Waals surface area contributed by atoms with E-state index in [0.29, 0.717) is 6.04 Å². The molecule has 1 heterocycles. The van der Waals surface area contributed by atoms with Gasteiger partial charge in [0.05, 0.1) is 13.2 Å². The lowest BCUT2D eigenvalue weighted by molar-refractivity contribution is 0.0491. The van der Waals surface area contributed by atoms with E-state index in [2.05, 4.69) is 23.8 Å². The van der Waals surface area contributed by atoms with Crippen molar-refractivity contribution < 1.29 is 4.74 Å². The zero-order valence-corrected chi connectivity index (χ0v) is 12.2. The molecule has 1 fully saturated rings. The molecule has 0 aromatic carbocycles. The Morgan fingerprint density at radius 1 is 1.22 bits per heavy atom. The van der Waals surface area contributed by atoms with Gasteiger partial charge >= 0.3 is 0 Å². The summed E-state index contributed by atoms with van der Waals surface area (Å²) in [7, 11) is 2.13. The topological polar surface area (TPSA) is 41.7 Å². The summed E-state index contributed by atoms with van der Waals surface area (Å²) in [4.78, 5) is 4.85. The minimum atomic E-state index is 0.569. The molecule has 1 unspecified atom stereocenters. The molecular weight excluding hydrogens is 226 g/mol. The van der Waals surface area contributed by atoms with Gasteiger partial charge in [-0.15, -0.1) is 0 Å². The molecule has 108 valence electrons. The summed E-state index contributed by atoms with van der Waals surface area (Å²) in [5.74, 6) is 0. The second-order valence-corrected chi connectivity index (χ2v) is 5.47. The maximum atomic E-state index is 5.78. The molecule has 0 radical (unpaired) electrons. The molecule has 0 aromatic rings. The molecule has 2 N–H and O–H groups in total. The molecule has 0 bridgehead atoms. The van der Waals surface area contributed by atoms with Crippen molar-refractivity contribution in [3.05, 3.63) is 0 Å². The molecule has 0 amide bonds. The summed E-state index contributed by atoms with van der Waals surface area (Å²) in [6.07, 6.45) is 5.18. The van der Waals surface area contributed by atoms with Gasteiger partial charge in [0, 0.05) is 12.6 Å². The SMILES string of the molecule is CC(COCCN(C)CCCN)N1CCCCC1. The molecular formula is C14H31N3O. The Morgan fingerprint density at radius 3 is 2.61 bits per heavy atom. The van der Waals surface area contributed by atoms with E-state index < -0.39 is 0 Å². The Balaban J connectivity index is 1.99. The van der Waals surface area contributed by atoms with Crippen molar-refractivity contribution in [2.45, 2.75) is 38.6 Å². The van der Waals surface area contributed by atoms with E-state index in [-0.39, 0.29) is 0 Å². The largest absolute Gasteiger partial charge is 0.379 e. The first kappa shape index (κ1) is 15.9. The highest BCUT2D eigenvalue weighted by Crippen LogP contribution is 2.11. The Bertz CT molecular complexity index is 195. The summed E-state index contributed by atoms with van der Waals surface area (Å²) < 4.78 is 5.78. The number of piperidine rings is 1. The second-order valence-electron chi connectivity index (χ2n) is 5.47. The number of hydrogen-bond acceptors (Lipinski definition) is 4. The molecule has 4 nitrogen and oxygen atoms in total. The molecule has 1 saturated heterocycles. The summed E-state index contributed by atoms with van der Waals surface area (Å²) >= 11 is 0. The first-order valence-corrected chi connectivity index (χ1v) is 7.44. The van der Waals surface area contributed by atoms with Crippen molar-refractivity contribution >= 4 is 0 Å². The number of nitrogens with two attached hydrogens (primary N) is 1. The highest BCUT2D eigenvalue weighted by Gasteiger charge is 2.16. The maximum Gasteiger partial charge on any atom is 0.0619 e. The van der Waals surface area contributed by atoms with E-state index >= 15 is 0 Å². The van der Waals surface area contributed by atoms with E-state index in [1.54, 1.807) is 0 Å². The third-order valence-electron chi connectivity index (χ3n) is 3.73. The predicted octanol–water partition coefficient (Wildman–Crippen LogP) is 1.16. The quantitative estimate of drug-likeness (QED) is 0.629. The van der Waals surface area contributed by atoms with E-state index in [0.717, 1.165) is 39.3 Å². The molecule has 1 aliphatic rings. The molecule has 18 heavy (non-hydrogen) atoms. The van der Waals surface area contributed by atoms with Gasteiger partial charge in [0.1, 0.15) is 0 Å². The summed E-state index contributed by atoms with van der Waals surface area (Å²) in [5, 5.41) is 0. The zero-order chi connectivity index (χ0) is 13.2. The lowest BCUT2D eigenvalue weighted by atomic mass is 10.1. The van der Waals surface area contributed by atoms with Gasteiger partial charge in [0.25, 0.3) is 0 Å². The van der Waals surface area contributed by atoms with Crippen molar-refractivity contribution in [2.24, 2.45) is 5.73 Å². The van der Waals surface area contributed by atoms with E-state index in [1.165, 1.54) is 32.4 Å². The Morgan fingerprint density at radius 2 is 1.94 bits per heavy atom. The van der Waals surface area contributed by atoms with Crippen LogP contribution in [0.3, 0.4) is 0 Å². The minimum Gasteiger partial charge on any atom is -0.379 e. The fraction of sp³-hybridized carbons (Fsp3) is 1.00. The first-order chi connectivity index (χ1) is 8.74. The molecule has 0 aliphatic carbocycles. The highest BCUT2D eigenvalue weighted by atomic mass is 16.5. The number of hydrogen-bond donors (Lipinski definition) is 1. The Kier molecular flexibility index (Phi) is 8.59. The van der Waals surface area contributed by atoms with E-state index in [1.807, 2.05) is 0 Å². The van der Waals surface area contributed by atoms with Crippen LogP contribution in [0.4, 0.5) is 0 Å². The first-order valence-electron chi connectivity index (χ1n) is 7.44. The van der Waals surface area contributed by atoms with Crippen LogP contribution in [0.5, 0.6) is 0 Å². The third-order valence-corrected chi connectivity index (χ3v) is 3.73. The van der Waals surface area contributed by atoms with Crippen LogP contribution in [-0.4, -0.2) is 68.8 Å². The van der Waals surface area contributed by atoms with Gasteiger partial charge < -0.3 is 15.4 Å².